The zero-order chi connectivity index (χ0) is 8.27. The van der Waals surface area contributed by atoms with Gasteiger partial charge in [-0.1, -0.05) is 11.6 Å². The third kappa shape index (κ3) is 2.38. The lowest BCUT2D eigenvalue weighted by molar-refractivity contribution is 0.626. The molecule has 0 nitrogen and oxygen atoms in total. The molecule has 0 fully saturated rings. The Bertz CT molecular complexity index is 250. The van der Waals surface area contributed by atoms with Gasteiger partial charge in [0.1, 0.15) is 5.82 Å². The Morgan fingerprint density at radius 1 is 1.45 bits per heavy atom. The Labute approximate surface area is 75.8 Å². The van der Waals surface area contributed by atoms with Crippen molar-refractivity contribution in [1.29, 1.82) is 0 Å². The summed E-state index contributed by atoms with van der Waals surface area (Å²) in [5.41, 5.74) is 0.821. The molecule has 0 amide bonds. The maximum Gasteiger partial charge on any atom is 0.123 e. The summed E-state index contributed by atoms with van der Waals surface area (Å²) in [4.78, 5) is 0. The predicted octanol–water partition coefficient (Wildman–Crippen LogP) is 2.95. The fourth-order valence-corrected chi connectivity index (χ4v) is 1.31. The van der Waals surface area contributed by atoms with Crippen LogP contribution in [0.25, 0.3) is 0 Å². The van der Waals surface area contributed by atoms with E-state index in [0.29, 0.717) is 17.2 Å². The van der Waals surface area contributed by atoms with E-state index in [0.717, 1.165) is 5.56 Å². The summed E-state index contributed by atoms with van der Waals surface area (Å²) in [6, 6.07) is 4.36. The van der Waals surface area contributed by atoms with Crippen LogP contribution < -0.4 is 0 Å². The molecule has 1 aromatic carbocycles. The Balaban J connectivity index is 2.93. The Morgan fingerprint density at radius 2 is 2.18 bits per heavy atom. The van der Waals surface area contributed by atoms with Gasteiger partial charge in [-0.2, -0.15) is 12.6 Å². The first-order chi connectivity index (χ1) is 5.24. The van der Waals surface area contributed by atoms with Gasteiger partial charge in [-0.3, -0.25) is 0 Å². The van der Waals surface area contributed by atoms with E-state index in [1.54, 1.807) is 6.07 Å². The molecule has 0 N–H and O–H groups in total. The van der Waals surface area contributed by atoms with Gasteiger partial charge in [0, 0.05) is 5.02 Å². The van der Waals surface area contributed by atoms with E-state index in [2.05, 4.69) is 12.6 Å². The summed E-state index contributed by atoms with van der Waals surface area (Å²) in [5.74, 6) is 0.439. The summed E-state index contributed by atoms with van der Waals surface area (Å²) in [6.07, 6.45) is 0.708. The van der Waals surface area contributed by atoms with Crippen LogP contribution in [-0.2, 0) is 6.42 Å². The fraction of sp³-hybridized carbons (Fsp3) is 0.250. The van der Waals surface area contributed by atoms with Crippen LogP contribution in [0, 0.1) is 5.82 Å². The maximum atomic E-state index is 12.6. The van der Waals surface area contributed by atoms with Crippen molar-refractivity contribution in [2.45, 2.75) is 6.42 Å². The second kappa shape index (κ2) is 3.98. The van der Waals surface area contributed by atoms with Gasteiger partial charge in [0.05, 0.1) is 0 Å². The largest absolute Gasteiger partial charge is 0.207 e. The van der Waals surface area contributed by atoms with E-state index >= 15 is 0 Å². The first-order valence-corrected chi connectivity index (χ1v) is 4.30. The molecular formula is C8H8ClFS. The van der Waals surface area contributed by atoms with Crippen LogP contribution in [0.15, 0.2) is 18.2 Å². The number of benzene rings is 1. The summed E-state index contributed by atoms with van der Waals surface area (Å²) in [7, 11) is 0. The van der Waals surface area contributed by atoms with Crippen LogP contribution in [-0.4, -0.2) is 5.75 Å². The lowest BCUT2D eigenvalue weighted by Gasteiger charge is -2.00. The highest BCUT2D eigenvalue weighted by molar-refractivity contribution is 7.80. The molecular weight excluding hydrogens is 183 g/mol. The molecule has 0 saturated heterocycles. The van der Waals surface area contributed by atoms with E-state index in [9.17, 15) is 4.39 Å². The second-order valence-corrected chi connectivity index (χ2v) is 3.06. The smallest absolute Gasteiger partial charge is 0.123 e. The van der Waals surface area contributed by atoms with Gasteiger partial charge in [0.25, 0.3) is 0 Å². The van der Waals surface area contributed by atoms with Crippen molar-refractivity contribution in [1.82, 2.24) is 0 Å². The molecule has 11 heavy (non-hydrogen) atoms. The molecule has 0 aliphatic carbocycles. The molecule has 0 unspecified atom stereocenters. The summed E-state index contributed by atoms with van der Waals surface area (Å²) >= 11 is 9.81. The number of hydrogen-bond donors (Lipinski definition) is 1. The fourth-order valence-electron chi connectivity index (χ4n) is 0.855. The topological polar surface area (TPSA) is 0 Å². The quantitative estimate of drug-likeness (QED) is 0.682. The summed E-state index contributed by atoms with van der Waals surface area (Å²) in [5, 5.41) is 0.612. The molecule has 1 rings (SSSR count). The molecule has 0 heterocycles. The Kier molecular flexibility index (Phi) is 3.21. The standard InChI is InChI=1S/C8H8ClFS/c9-8-2-1-7(10)5-6(8)3-4-11/h1-2,5,11H,3-4H2. The SMILES string of the molecule is Fc1ccc(Cl)c(CCS)c1. The average Bonchev–Trinajstić information content (AvgIpc) is 1.98. The lowest BCUT2D eigenvalue weighted by Crippen LogP contribution is -1.88. The lowest BCUT2D eigenvalue weighted by atomic mass is 10.2. The number of hydrogen-bond acceptors (Lipinski definition) is 1. The summed E-state index contributed by atoms with van der Waals surface area (Å²) in [6.45, 7) is 0. The van der Waals surface area contributed by atoms with Crippen LogP contribution in [0.4, 0.5) is 4.39 Å². The molecule has 0 aliphatic rings. The van der Waals surface area contributed by atoms with E-state index in [4.69, 9.17) is 11.6 Å². The highest BCUT2D eigenvalue weighted by Gasteiger charge is 1.99. The third-order valence-electron chi connectivity index (χ3n) is 1.39. The van der Waals surface area contributed by atoms with Gasteiger partial charge in [0.2, 0.25) is 0 Å². The molecule has 0 spiro atoms. The molecule has 1 aromatic rings. The number of halogens is 2. The minimum absolute atomic E-state index is 0.244. The number of thiol groups is 1. The van der Waals surface area contributed by atoms with Crippen molar-refractivity contribution in [2.75, 3.05) is 5.75 Å². The minimum Gasteiger partial charge on any atom is -0.207 e. The molecule has 0 bridgehead atoms. The van der Waals surface area contributed by atoms with Gasteiger partial charge in [-0.25, -0.2) is 4.39 Å². The van der Waals surface area contributed by atoms with Gasteiger partial charge in [-0.05, 0) is 35.9 Å². The van der Waals surface area contributed by atoms with Crippen LogP contribution in [0.1, 0.15) is 5.56 Å². The van der Waals surface area contributed by atoms with Crippen molar-refractivity contribution in [2.24, 2.45) is 0 Å². The minimum atomic E-state index is -0.244. The zero-order valence-electron chi connectivity index (χ0n) is 5.85. The molecule has 0 aromatic heterocycles. The Hall–Kier alpha value is -0.210. The van der Waals surface area contributed by atoms with Gasteiger partial charge in [-0.15, -0.1) is 0 Å². The normalized spacial score (nSPS) is 10.1. The number of rotatable bonds is 2. The average molecular weight is 191 g/mol. The van der Waals surface area contributed by atoms with Crippen LogP contribution >= 0.6 is 24.2 Å². The molecule has 0 saturated carbocycles. The van der Waals surface area contributed by atoms with Crippen LogP contribution in [0.3, 0.4) is 0 Å². The molecule has 0 radical (unpaired) electrons. The summed E-state index contributed by atoms with van der Waals surface area (Å²) < 4.78 is 12.6. The van der Waals surface area contributed by atoms with Crippen LogP contribution in [0.2, 0.25) is 5.02 Å². The second-order valence-electron chi connectivity index (χ2n) is 2.21. The highest BCUT2D eigenvalue weighted by atomic mass is 35.5. The zero-order valence-corrected chi connectivity index (χ0v) is 7.50. The van der Waals surface area contributed by atoms with E-state index in [1.165, 1.54) is 12.1 Å². The van der Waals surface area contributed by atoms with E-state index in [-0.39, 0.29) is 5.82 Å². The van der Waals surface area contributed by atoms with Crippen molar-refractivity contribution in [3.05, 3.63) is 34.6 Å². The molecule has 0 aliphatic heterocycles. The van der Waals surface area contributed by atoms with Crippen molar-refractivity contribution in [3.63, 3.8) is 0 Å². The van der Waals surface area contributed by atoms with Gasteiger partial charge in [0.15, 0.2) is 0 Å². The van der Waals surface area contributed by atoms with Gasteiger partial charge >= 0.3 is 0 Å². The molecule has 3 heteroatoms. The monoisotopic (exact) mass is 190 g/mol. The maximum absolute atomic E-state index is 12.6. The molecule has 0 atom stereocenters. The van der Waals surface area contributed by atoms with Gasteiger partial charge < -0.3 is 0 Å². The third-order valence-corrected chi connectivity index (χ3v) is 1.98. The highest BCUT2D eigenvalue weighted by Crippen LogP contribution is 2.17. The van der Waals surface area contributed by atoms with E-state index in [1.807, 2.05) is 0 Å². The first kappa shape index (κ1) is 8.88. The van der Waals surface area contributed by atoms with Crippen molar-refractivity contribution in [3.8, 4) is 0 Å². The first-order valence-electron chi connectivity index (χ1n) is 3.29. The Morgan fingerprint density at radius 3 is 2.82 bits per heavy atom. The van der Waals surface area contributed by atoms with E-state index < -0.39 is 0 Å². The van der Waals surface area contributed by atoms with Crippen LogP contribution in [0.5, 0.6) is 0 Å². The number of aryl methyl sites for hydroxylation is 1. The predicted molar refractivity (Wildman–Crippen MR) is 49.0 cm³/mol. The molecule has 60 valence electrons. The van der Waals surface area contributed by atoms with Crippen molar-refractivity contribution >= 4 is 24.2 Å². The van der Waals surface area contributed by atoms with Crippen molar-refractivity contribution < 1.29 is 4.39 Å².